The third-order valence-corrected chi connectivity index (χ3v) is 7.03. The fourth-order valence-electron chi connectivity index (χ4n) is 5.81. The Hall–Kier alpha value is -1.75. The summed E-state index contributed by atoms with van der Waals surface area (Å²) in [5, 5.41) is 11.2. The lowest BCUT2D eigenvalue weighted by Crippen LogP contribution is -2.49. The maximum atomic E-state index is 12.2. The highest BCUT2D eigenvalue weighted by Gasteiger charge is 2.73. The molecule has 5 heteroatoms. The first kappa shape index (κ1) is 18.1. The molecule has 0 aromatic carbocycles. The van der Waals surface area contributed by atoms with Crippen LogP contribution in [0, 0.1) is 28.6 Å². The number of esters is 1. The molecule has 2 saturated carbocycles. The molecule has 0 radical (unpaired) electrons. The number of carbonyl (C=O) groups is 3. The highest BCUT2D eigenvalue weighted by molar-refractivity contribution is 5.88. The van der Waals surface area contributed by atoms with E-state index in [4.69, 9.17) is 4.74 Å². The number of fused-ring (bicyclic) bond motifs is 1. The molecular weight excluding hydrogens is 320 g/mol. The van der Waals surface area contributed by atoms with Gasteiger partial charge in [0.25, 0.3) is 0 Å². The van der Waals surface area contributed by atoms with Crippen LogP contribution in [-0.2, 0) is 19.1 Å². The van der Waals surface area contributed by atoms with Gasteiger partial charge < -0.3 is 14.6 Å². The molecule has 136 valence electrons. The van der Waals surface area contributed by atoms with Crippen LogP contribution in [0.2, 0.25) is 0 Å². The van der Waals surface area contributed by atoms with Crippen LogP contribution in [0.5, 0.6) is 0 Å². The lowest BCUT2D eigenvalue weighted by molar-refractivity contribution is -0.150. The molecule has 0 aromatic rings. The third kappa shape index (κ3) is 2.14. The van der Waals surface area contributed by atoms with Crippen molar-refractivity contribution in [1.82, 2.24) is 0 Å². The highest BCUT2D eigenvalue weighted by atomic mass is 16.5. The van der Waals surface area contributed by atoms with Crippen molar-refractivity contribution in [3.63, 3.8) is 0 Å². The third-order valence-electron chi connectivity index (χ3n) is 7.03. The number of aliphatic hydroxyl groups is 1. The molecule has 0 amide bonds. The second kappa shape index (κ2) is 5.90. The van der Waals surface area contributed by atoms with E-state index in [1.807, 2.05) is 13.8 Å². The first-order valence-electron chi connectivity index (χ1n) is 8.91. The predicted molar refractivity (Wildman–Crippen MR) is 91.4 cm³/mol. The van der Waals surface area contributed by atoms with E-state index < -0.39 is 23.6 Å². The molecule has 2 fully saturated rings. The number of aldehydes is 2. The van der Waals surface area contributed by atoms with E-state index in [-0.39, 0.29) is 23.2 Å². The van der Waals surface area contributed by atoms with Crippen molar-refractivity contribution in [2.24, 2.45) is 28.6 Å². The van der Waals surface area contributed by atoms with Gasteiger partial charge in [-0.3, -0.25) is 4.79 Å². The van der Waals surface area contributed by atoms with Crippen LogP contribution in [0.4, 0.5) is 0 Å². The second-order valence-electron chi connectivity index (χ2n) is 8.18. The zero-order valence-electron chi connectivity index (χ0n) is 15.2. The summed E-state index contributed by atoms with van der Waals surface area (Å²) < 4.78 is 5.65. The quantitative estimate of drug-likeness (QED) is 0.480. The van der Waals surface area contributed by atoms with E-state index in [0.29, 0.717) is 17.6 Å². The number of hydrogen-bond acceptors (Lipinski definition) is 5. The molecule has 0 aromatic heterocycles. The number of ether oxygens (including phenoxy) is 1. The van der Waals surface area contributed by atoms with Crippen LogP contribution in [0.15, 0.2) is 23.3 Å². The molecule has 3 aliphatic rings. The number of allylic oxidation sites excluding steroid dienone is 1. The normalized spacial score (nSPS) is 41.7. The Morgan fingerprint density at radius 3 is 2.56 bits per heavy atom. The molecule has 3 rings (SSSR count). The van der Waals surface area contributed by atoms with Crippen LogP contribution in [-0.4, -0.2) is 35.9 Å². The van der Waals surface area contributed by atoms with E-state index in [1.165, 1.54) is 0 Å². The average Bonchev–Trinajstić information content (AvgIpc) is 3.02. The maximum Gasteiger partial charge on any atom is 0.333 e. The van der Waals surface area contributed by atoms with Crippen molar-refractivity contribution in [3.8, 4) is 0 Å². The van der Waals surface area contributed by atoms with Crippen molar-refractivity contribution in [3.05, 3.63) is 23.3 Å². The van der Waals surface area contributed by atoms with Gasteiger partial charge in [-0.25, -0.2) is 4.79 Å². The van der Waals surface area contributed by atoms with Gasteiger partial charge in [0.05, 0.1) is 6.10 Å². The summed E-state index contributed by atoms with van der Waals surface area (Å²) in [5.41, 5.74) is -0.293. The number of carbonyl (C=O) groups excluding carboxylic acids is 3. The van der Waals surface area contributed by atoms with Crippen LogP contribution in [0.1, 0.15) is 40.5 Å². The van der Waals surface area contributed by atoms with Crippen molar-refractivity contribution in [2.75, 3.05) is 0 Å². The summed E-state index contributed by atoms with van der Waals surface area (Å²) in [7, 11) is 0. The minimum absolute atomic E-state index is 0.0122. The molecular formula is C20H26O5. The zero-order chi connectivity index (χ0) is 18.6. The smallest absolute Gasteiger partial charge is 0.333 e. The molecule has 5 nitrogen and oxygen atoms in total. The van der Waals surface area contributed by atoms with Gasteiger partial charge in [-0.15, -0.1) is 0 Å². The fraction of sp³-hybridized carbons (Fsp3) is 0.650. The first-order valence-corrected chi connectivity index (χ1v) is 8.91. The van der Waals surface area contributed by atoms with Gasteiger partial charge in [0, 0.05) is 28.4 Å². The summed E-state index contributed by atoms with van der Waals surface area (Å²) in [6.07, 6.45) is 4.88. The first-order chi connectivity index (χ1) is 11.8. The number of rotatable bonds is 4. The van der Waals surface area contributed by atoms with E-state index >= 15 is 0 Å². The molecule has 3 aliphatic carbocycles. The molecule has 0 unspecified atom stereocenters. The van der Waals surface area contributed by atoms with Gasteiger partial charge in [0.1, 0.15) is 18.7 Å². The van der Waals surface area contributed by atoms with Crippen molar-refractivity contribution < 1.29 is 24.2 Å². The van der Waals surface area contributed by atoms with Gasteiger partial charge in [-0.05, 0) is 44.1 Å². The Morgan fingerprint density at radius 1 is 1.32 bits per heavy atom. The fourth-order valence-corrected chi connectivity index (χ4v) is 5.81. The highest BCUT2D eigenvalue weighted by Crippen LogP contribution is 2.71. The Bertz CT molecular complexity index is 674. The minimum atomic E-state index is -0.876. The molecule has 25 heavy (non-hydrogen) atoms. The van der Waals surface area contributed by atoms with E-state index in [1.54, 1.807) is 26.0 Å². The van der Waals surface area contributed by atoms with Crippen molar-refractivity contribution in [1.29, 1.82) is 0 Å². The van der Waals surface area contributed by atoms with Gasteiger partial charge in [0.2, 0.25) is 0 Å². The van der Waals surface area contributed by atoms with Crippen molar-refractivity contribution >= 4 is 18.5 Å². The maximum absolute atomic E-state index is 12.2. The lowest BCUT2D eigenvalue weighted by atomic mass is 9.64. The van der Waals surface area contributed by atoms with Crippen LogP contribution >= 0.6 is 0 Å². The second-order valence-corrected chi connectivity index (χ2v) is 8.18. The topological polar surface area (TPSA) is 80.7 Å². The summed E-state index contributed by atoms with van der Waals surface area (Å²) in [5.74, 6) is -1.14. The Morgan fingerprint density at radius 2 is 2.00 bits per heavy atom. The molecule has 0 heterocycles. The van der Waals surface area contributed by atoms with Crippen LogP contribution in [0.25, 0.3) is 0 Å². The average molecular weight is 346 g/mol. The summed E-state index contributed by atoms with van der Waals surface area (Å²) in [4.78, 5) is 35.8. The largest absolute Gasteiger partial charge is 0.454 e. The zero-order valence-corrected chi connectivity index (χ0v) is 15.2. The van der Waals surface area contributed by atoms with Gasteiger partial charge >= 0.3 is 5.97 Å². The summed E-state index contributed by atoms with van der Waals surface area (Å²) >= 11 is 0. The Labute approximate surface area is 148 Å². The molecule has 1 spiro atoms. The molecule has 0 aliphatic heterocycles. The summed E-state index contributed by atoms with van der Waals surface area (Å²) in [6, 6.07) is 0. The van der Waals surface area contributed by atoms with Gasteiger partial charge in [-0.1, -0.05) is 19.9 Å². The molecule has 6 atom stereocenters. The predicted octanol–water partition coefficient (Wildman–Crippen LogP) is 2.23. The van der Waals surface area contributed by atoms with Crippen LogP contribution in [0.3, 0.4) is 0 Å². The van der Waals surface area contributed by atoms with Crippen LogP contribution < -0.4 is 0 Å². The summed E-state index contributed by atoms with van der Waals surface area (Å²) in [6.45, 7) is 7.52. The van der Waals surface area contributed by atoms with Gasteiger partial charge in [0.15, 0.2) is 0 Å². The SMILES string of the molecule is C/C=C(/C)C(=O)O[C@H]1C=C(C=O)[C@]23[C@H](CC[C@@H]2C=O)C(C)(C)[C@@H]1[C@@H]3O. The minimum Gasteiger partial charge on any atom is -0.454 e. The standard InChI is InChI=1S/C20H26O5/c1-5-11(2)18(24)25-14-8-13(10-22)20-12(9-21)6-7-15(20)19(3,4)16(14)17(20)23/h5,8-10,12,14-17,23H,6-7H2,1-4H3/b11-5-/t12-,14+,15-,16+,17+,20+/m1/s1. The Kier molecular flexibility index (Phi) is 4.26. The van der Waals surface area contributed by atoms with E-state index in [9.17, 15) is 19.5 Å². The Balaban J connectivity index is 2.11. The number of hydrogen-bond donors (Lipinski definition) is 1. The molecule has 2 bridgehead atoms. The monoisotopic (exact) mass is 346 g/mol. The lowest BCUT2D eigenvalue weighted by Gasteiger charge is -2.42. The van der Waals surface area contributed by atoms with Crippen molar-refractivity contribution in [2.45, 2.75) is 52.7 Å². The van der Waals surface area contributed by atoms with E-state index in [2.05, 4.69) is 0 Å². The molecule has 1 N–H and O–H groups in total. The van der Waals surface area contributed by atoms with E-state index in [0.717, 1.165) is 19.0 Å². The van der Waals surface area contributed by atoms with Gasteiger partial charge in [-0.2, -0.15) is 0 Å². The molecule has 0 saturated heterocycles. The number of aliphatic hydroxyl groups excluding tert-OH is 1.